The summed E-state index contributed by atoms with van der Waals surface area (Å²) in [6, 6.07) is 17.4. The lowest BCUT2D eigenvalue weighted by atomic mass is 9.95. The molecule has 0 saturated carbocycles. The molecule has 1 fully saturated rings. The van der Waals surface area contributed by atoms with Gasteiger partial charge in [-0.05, 0) is 54.8 Å². The van der Waals surface area contributed by atoms with Crippen LogP contribution < -0.4 is 9.64 Å². The summed E-state index contributed by atoms with van der Waals surface area (Å²) in [6.07, 6.45) is 0. The third-order valence-electron chi connectivity index (χ3n) is 6.31. The Morgan fingerprint density at radius 1 is 1.12 bits per heavy atom. The minimum Gasteiger partial charge on any atom is -0.507 e. The van der Waals surface area contributed by atoms with Gasteiger partial charge in [0.25, 0.3) is 5.78 Å². The summed E-state index contributed by atoms with van der Waals surface area (Å²) in [5.41, 5.74) is 1.77. The van der Waals surface area contributed by atoms with Crippen molar-refractivity contribution in [2.75, 3.05) is 11.5 Å². The van der Waals surface area contributed by atoms with E-state index in [0.29, 0.717) is 38.6 Å². The second kappa shape index (κ2) is 11.8. The van der Waals surface area contributed by atoms with Gasteiger partial charge in [0, 0.05) is 16.3 Å². The molecule has 1 atom stereocenters. The van der Waals surface area contributed by atoms with Crippen LogP contribution in [0.5, 0.6) is 5.75 Å². The van der Waals surface area contributed by atoms with Crippen LogP contribution in [0.25, 0.3) is 5.76 Å². The minimum atomic E-state index is -1.02. The van der Waals surface area contributed by atoms with Crippen molar-refractivity contribution in [2.24, 2.45) is 0 Å². The standard InChI is InChI=1S/C29H23ClFN3O4S2/c1-3-38-20-12-10-17(11-13-20)24-23(25(35)18-9-8-16(2)22(31)14-18)26(36)27(37)34(24)28-32-33-29(40-28)39-15-19-6-4-5-7-21(19)30/h4-14,24,35H,3,15H2,1-2H3/t24-/m1/s1. The van der Waals surface area contributed by atoms with Gasteiger partial charge in [0.05, 0.1) is 18.2 Å². The Hall–Kier alpha value is -3.73. The summed E-state index contributed by atoms with van der Waals surface area (Å²) in [5, 5.41) is 20.5. The third-order valence-corrected chi connectivity index (χ3v) is 8.78. The topological polar surface area (TPSA) is 92.6 Å². The number of aliphatic hydroxyl groups excluding tert-OH is 1. The maximum Gasteiger partial charge on any atom is 0.301 e. The molecular weight excluding hydrogens is 573 g/mol. The fourth-order valence-electron chi connectivity index (χ4n) is 4.27. The lowest BCUT2D eigenvalue weighted by Crippen LogP contribution is -2.29. The Balaban J connectivity index is 1.55. The Labute approximate surface area is 243 Å². The number of aliphatic hydroxyl groups is 1. The zero-order valence-electron chi connectivity index (χ0n) is 21.4. The van der Waals surface area contributed by atoms with Crippen molar-refractivity contribution in [3.8, 4) is 5.75 Å². The van der Waals surface area contributed by atoms with Crippen LogP contribution in [0.2, 0.25) is 5.02 Å². The highest BCUT2D eigenvalue weighted by molar-refractivity contribution is 8.00. The highest BCUT2D eigenvalue weighted by atomic mass is 35.5. The van der Waals surface area contributed by atoms with Gasteiger partial charge in [-0.2, -0.15) is 0 Å². The number of aromatic nitrogens is 2. The van der Waals surface area contributed by atoms with Crippen LogP contribution in [0.4, 0.5) is 9.52 Å². The van der Waals surface area contributed by atoms with Crippen LogP contribution in [-0.4, -0.2) is 33.6 Å². The number of ether oxygens (including phenoxy) is 1. The van der Waals surface area contributed by atoms with Gasteiger partial charge in [0.2, 0.25) is 5.13 Å². The molecule has 3 aromatic carbocycles. The number of rotatable bonds is 8. The number of benzene rings is 3. The first-order valence-corrected chi connectivity index (χ1v) is 14.5. The Kier molecular flexibility index (Phi) is 8.20. The summed E-state index contributed by atoms with van der Waals surface area (Å²) in [7, 11) is 0. The molecule has 2 heterocycles. The van der Waals surface area contributed by atoms with Crippen LogP contribution in [0.3, 0.4) is 0 Å². The van der Waals surface area contributed by atoms with E-state index in [-0.39, 0.29) is 16.3 Å². The molecule has 0 spiro atoms. The number of hydrogen-bond acceptors (Lipinski definition) is 8. The molecule has 1 aliphatic heterocycles. The maximum atomic E-state index is 14.4. The number of carbonyl (C=O) groups is 2. The van der Waals surface area contributed by atoms with Gasteiger partial charge < -0.3 is 9.84 Å². The Morgan fingerprint density at radius 3 is 2.58 bits per heavy atom. The SMILES string of the molecule is CCOc1ccc([C@@H]2C(=C(O)c3ccc(C)c(F)c3)C(=O)C(=O)N2c2nnc(SCc3ccccc3Cl)s2)cc1. The number of anilines is 1. The molecule has 0 aliphatic carbocycles. The second-order valence-electron chi connectivity index (χ2n) is 8.87. The molecule has 1 aromatic heterocycles. The number of amides is 1. The number of ketones is 1. The van der Waals surface area contributed by atoms with Gasteiger partial charge in [-0.1, -0.05) is 77.2 Å². The third kappa shape index (κ3) is 5.47. The second-order valence-corrected chi connectivity index (χ2v) is 11.5. The van der Waals surface area contributed by atoms with E-state index in [1.807, 2.05) is 25.1 Å². The average Bonchev–Trinajstić information content (AvgIpc) is 3.52. The number of Topliss-reactive ketones (excluding diaryl/α,β-unsaturated/α-hetero) is 1. The molecule has 0 bridgehead atoms. The molecule has 1 aliphatic rings. The summed E-state index contributed by atoms with van der Waals surface area (Å²) < 4.78 is 20.5. The van der Waals surface area contributed by atoms with Crippen molar-refractivity contribution in [3.05, 3.63) is 105 Å². The van der Waals surface area contributed by atoms with Crippen molar-refractivity contribution in [2.45, 2.75) is 30.0 Å². The minimum absolute atomic E-state index is 0.0882. The monoisotopic (exact) mass is 595 g/mol. The van der Waals surface area contributed by atoms with Gasteiger partial charge >= 0.3 is 5.91 Å². The van der Waals surface area contributed by atoms with E-state index in [2.05, 4.69) is 10.2 Å². The molecule has 7 nitrogen and oxygen atoms in total. The molecule has 5 rings (SSSR count). The highest BCUT2D eigenvalue weighted by Crippen LogP contribution is 2.44. The molecule has 11 heteroatoms. The van der Waals surface area contributed by atoms with Crippen LogP contribution in [0.1, 0.15) is 35.2 Å². The maximum absolute atomic E-state index is 14.4. The van der Waals surface area contributed by atoms with E-state index in [0.717, 1.165) is 23.0 Å². The first-order chi connectivity index (χ1) is 19.3. The molecule has 40 heavy (non-hydrogen) atoms. The largest absolute Gasteiger partial charge is 0.507 e. The van der Waals surface area contributed by atoms with E-state index in [1.54, 1.807) is 37.3 Å². The molecule has 204 valence electrons. The number of halogens is 2. The molecule has 4 aromatic rings. The smallest absolute Gasteiger partial charge is 0.301 e. The Bertz CT molecular complexity index is 1620. The quantitative estimate of drug-likeness (QED) is 0.0774. The van der Waals surface area contributed by atoms with Gasteiger partial charge in [-0.15, -0.1) is 10.2 Å². The zero-order chi connectivity index (χ0) is 28.4. The van der Waals surface area contributed by atoms with Crippen LogP contribution in [-0.2, 0) is 15.3 Å². The van der Waals surface area contributed by atoms with Crippen LogP contribution in [0, 0.1) is 12.7 Å². The van der Waals surface area contributed by atoms with Gasteiger partial charge in [0.15, 0.2) is 4.34 Å². The van der Waals surface area contributed by atoms with E-state index in [9.17, 15) is 19.1 Å². The first kappa shape index (κ1) is 27.8. The molecule has 0 unspecified atom stereocenters. The van der Waals surface area contributed by atoms with E-state index in [1.165, 1.54) is 28.8 Å². The van der Waals surface area contributed by atoms with E-state index < -0.39 is 29.3 Å². The number of nitrogens with zero attached hydrogens (tertiary/aromatic N) is 3. The fourth-order valence-corrected chi connectivity index (χ4v) is 6.42. The van der Waals surface area contributed by atoms with Crippen LogP contribution in [0.15, 0.2) is 76.6 Å². The summed E-state index contributed by atoms with van der Waals surface area (Å²) in [5.74, 6) is -1.65. The highest BCUT2D eigenvalue weighted by Gasteiger charge is 2.48. The van der Waals surface area contributed by atoms with Crippen molar-refractivity contribution in [1.82, 2.24) is 10.2 Å². The predicted octanol–water partition coefficient (Wildman–Crippen LogP) is 6.96. The molecular formula is C29H23ClFN3O4S2. The Morgan fingerprint density at radius 2 is 1.88 bits per heavy atom. The van der Waals surface area contributed by atoms with Crippen molar-refractivity contribution in [3.63, 3.8) is 0 Å². The average molecular weight is 596 g/mol. The number of carbonyl (C=O) groups excluding carboxylic acids is 2. The first-order valence-electron chi connectivity index (χ1n) is 12.3. The molecule has 1 N–H and O–H groups in total. The van der Waals surface area contributed by atoms with E-state index >= 15 is 0 Å². The number of thioether (sulfide) groups is 1. The molecule has 1 amide bonds. The predicted molar refractivity (Wildman–Crippen MR) is 154 cm³/mol. The van der Waals surface area contributed by atoms with Crippen LogP contribution >= 0.6 is 34.7 Å². The summed E-state index contributed by atoms with van der Waals surface area (Å²) in [6.45, 7) is 3.92. The number of hydrogen-bond donors (Lipinski definition) is 1. The lowest BCUT2D eigenvalue weighted by molar-refractivity contribution is -0.132. The number of aryl methyl sites for hydroxylation is 1. The van der Waals surface area contributed by atoms with Gasteiger partial charge in [0.1, 0.15) is 17.3 Å². The summed E-state index contributed by atoms with van der Waals surface area (Å²) in [4.78, 5) is 28.0. The van der Waals surface area contributed by atoms with Crippen molar-refractivity contribution < 1.29 is 23.8 Å². The normalized spacial score (nSPS) is 16.5. The summed E-state index contributed by atoms with van der Waals surface area (Å²) >= 11 is 8.81. The molecule has 0 radical (unpaired) electrons. The van der Waals surface area contributed by atoms with Crippen molar-refractivity contribution in [1.29, 1.82) is 0 Å². The van der Waals surface area contributed by atoms with Crippen molar-refractivity contribution >= 4 is 57.3 Å². The van der Waals surface area contributed by atoms with Gasteiger partial charge in [-0.25, -0.2) is 4.39 Å². The van der Waals surface area contributed by atoms with E-state index in [4.69, 9.17) is 16.3 Å². The lowest BCUT2D eigenvalue weighted by Gasteiger charge is -2.22. The van der Waals surface area contributed by atoms with Gasteiger partial charge in [-0.3, -0.25) is 14.5 Å². The zero-order valence-corrected chi connectivity index (χ0v) is 23.8. The molecule has 1 saturated heterocycles. The fraction of sp³-hybridized carbons (Fsp3) is 0.172.